The Morgan fingerprint density at radius 1 is 1.69 bits per heavy atom. The van der Waals surface area contributed by atoms with Crippen molar-refractivity contribution in [1.82, 2.24) is 10.2 Å². The van der Waals surface area contributed by atoms with Crippen molar-refractivity contribution < 1.29 is 4.74 Å². The average molecular weight is 224 g/mol. The van der Waals surface area contributed by atoms with Gasteiger partial charge in [0.2, 0.25) is 0 Å². The minimum atomic E-state index is 0.509. The van der Waals surface area contributed by atoms with E-state index in [0.29, 0.717) is 18.5 Å². The molecule has 1 heterocycles. The number of nitrogens with one attached hydrogen (secondary N) is 1. The zero-order chi connectivity index (χ0) is 11.5. The van der Waals surface area contributed by atoms with E-state index in [9.17, 15) is 0 Å². The van der Waals surface area contributed by atoms with Gasteiger partial charge in [-0.25, -0.2) is 0 Å². The van der Waals surface area contributed by atoms with Crippen LogP contribution in [0, 0.1) is 5.92 Å². The molecule has 2 rings (SSSR count). The molecule has 1 atom stereocenters. The van der Waals surface area contributed by atoms with Crippen molar-refractivity contribution >= 4 is 11.5 Å². The summed E-state index contributed by atoms with van der Waals surface area (Å²) in [6.45, 7) is 3.82. The summed E-state index contributed by atoms with van der Waals surface area (Å²) in [5, 5.41) is 6.77. The second-order valence-corrected chi connectivity index (χ2v) is 4.43. The molecule has 0 saturated heterocycles. The molecule has 0 bridgehead atoms. The minimum Gasteiger partial charge on any atom is -0.383 e. The number of H-pyrrole nitrogens is 1. The molecule has 5 heteroatoms. The second-order valence-electron chi connectivity index (χ2n) is 4.43. The highest BCUT2D eigenvalue weighted by Crippen LogP contribution is 2.37. The smallest absolute Gasteiger partial charge is 0.142 e. The van der Waals surface area contributed by atoms with Crippen LogP contribution in [0.1, 0.15) is 19.8 Å². The summed E-state index contributed by atoms with van der Waals surface area (Å²) in [5.74, 6) is 1.44. The Labute approximate surface area is 96.0 Å². The lowest BCUT2D eigenvalue weighted by molar-refractivity contribution is 0.203. The molecule has 1 aliphatic rings. The van der Waals surface area contributed by atoms with Crippen LogP contribution in [0.5, 0.6) is 0 Å². The number of aromatic amines is 1. The van der Waals surface area contributed by atoms with Crippen molar-refractivity contribution in [2.75, 3.05) is 30.9 Å². The number of hydrogen-bond donors (Lipinski definition) is 2. The fourth-order valence-corrected chi connectivity index (χ4v) is 2.08. The molecule has 1 unspecified atom stereocenters. The van der Waals surface area contributed by atoms with Crippen LogP contribution in [0.2, 0.25) is 0 Å². The van der Waals surface area contributed by atoms with E-state index in [0.717, 1.165) is 18.2 Å². The molecule has 1 aliphatic carbocycles. The highest BCUT2D eigenvalue weighted by molar-refractivity contribution is 5.62. The van der Waals surface area contributed by atoms with Crippen molar-refractivity contribution in [3.63, 3.8) is 0 Å². The van der Waals surface area contributed by atoms with Gasteiger partial charge >= 0.3 is 0 Å². The number of nitrogens with two attached hydrogens (primary N) is 1. The molecule has 0 spiro atoms. The van der Waals surface area contributed by atoms with Gasteiger partial charge in [-0.1, -0.05) is 0 Å². The molecule has 0 aliphatic heterocycles. The number of nitrogens with zero attached hydrogens (tertiary/aromatic N) is 2. The molecule has 1 aromatic heterocycles. The van der Waals surface area contributed by atoms with Gasteiger partial charge in [0.1, 0.15) is 5.82 Å². The predicted molar refractivity (Wildman–Crippen MR) is 64.4 cm³/mol. The van der Waals surface area contributed by atoms with Crippen molar-refractivity contribution in [2.45, 2.75) is 25.8 Å². The molecular formula is C11H20N4O. The Bertz CT molecular complexity index is 334. The molecule has 0 aromatic carbocycles. The summed E-state index contributed by atoms with van der Waals surface area (Å²) in [6, 6.07) is 0.509. The fraction of sp³-hybridized carbons (Fsp3) is 0.727. The van der Waals surface area contributed by atoms with Gasteiger partial charge in [-0.05, 0) is 25.7 Å². The molecule has 3 N–H and O–H groups in total. The van der Waals surface area contributed by atoms with Gasteiger partial charge in [-0.15, -0.1) is 0 Å². The summed E-state index contributed by atoms with van der Waals surface area (Å²) in [4.78, 5) is 2.29. The van der Waals surface area contributed by atoms with E-state index in [1.54, 1.807) is 13.3 Å². The number of hydrogen-bond acceptors (Lipinski definition) is 4. The number of methoxy groups -OCH3 is 1. The van der Waals surface area contributed by atoms with Gasteiger partial charge in [0.15, 0.2) is 0 Å². The molecule has 0 amide bonds. The maximum Gasteiger partial charge on any atom is 0.142 e. The van der Waals surface area contributed by atoms with Crippen molar-refractivity contribution in [1.29, 1.82) is 0 Å². The van der Waals surface area contributed by atoms with Crippen LogP contribution >= 0.6 is 0 Å². The largest absolute Gasteiger partial charge is 0.383 e. The maximum atomic E-state index is 5.87. The highest BCUT2D eigenvalue weighted by atomic mass is 16.5. The van der Waals surface area contributed by atoms with Crippen LogP contribution in [0.15, 0.2) is 6.20 Å². The topological polar surface area (TPSA) is 67.2 Å². The van der Waals surface area contributed by atoms with E-state index in [4.69, 9.17) is 10.5 Å². The van der Waals surface area contributed by atoms with Crippen LogP contribution < -0.4 is 10.6 Å². The first-order chi connectivity index (χ1) is 7.74. The molecule has 1 aromatic rings. The Balaban J connectivity index is 2.10. The quantitative estimate of drug-likeness (QED) is 0.763. The van der Waals surface area contributed by atoms with E-state index >= 15 is 0 Å². The van der Waals surface area contributed by atoms with Crippen molar-refractivity contribution in [2.24, 2.45) is 5.92 Å². The monoisotopic (exact) mass is 224 g/mol. The fourth-order valence-electron chi connectivity index (χ4n) is 2.08. The van der Waals surface area contributed by atoms with E-state index in [1.807, 2.05) is 0 Å². The normalized spacial score (nSPS) is 17.4. The number of nitrogen functional groups attached to an aromatic ring is 1. The molecule has 16 heavy (non-hydrogen) atoms. The first kappa shape index (κ1) is 11.3. The Hall–Kier alpha value is -1.23. The van der Waals surface area contributed by atoms with Gasteiger partial charge in [-0.2, -0.15) is 5.10 Å². The number of anilines is 2. The second kappa shape index (κ2) is 4.74. The third-order valence-electron chi connectivity index (χ3n) is 3.29. The van der Waals surface area contributed by atoms with Gasteiger partial charge < -0.3 is 15.4 Å². The van der Waals surface area contributed by atoms with E-state index in [2.05, 4.69) is 22.0 Å². The zero-order valence-electron chi connectivity index (χ0n) is 9.94. The number of rotatable bonds is 6. The summed E-state index contributed by atoms with van der Waals surface area (Å²) in [6.07, 6.45) is 4.44. The van der Waals surface area contributed by atoms with E-state index in [-0.39, 0.29) is 0 Å². The molecule has 90 valence electrons. The maximum absolute atomic E-state index is 5.87. The van der Waals surface area contributed by atoms with Crippen molar-refractivity contribution in [3.8, 4) is 0 Å². The average Bonchev–Trinajstić information content (AvgIpc) is 3.04. The van der Waals surface area contributed by atoms with Gasteiger partial charge in [0, 0.05) is 19.7 Å². The summed E-state index contributed by atoms with van der Waals surface area (Å²) < 4.78 is 5.15. The highest BCUT2D eigenvalue weighted by Gasteiger charge is 2.32. The van der Waals surface area contributed by atoms with Gasteiger partial charge in [0.05, 0.1) is 18.5 Å². The van der Waals surface area contributed by atoms with Crippen LogP contribution in [0.4, 0.5) is 11.5 Å². The van der Waals surface area contributed by atoms with Crippen LogP contribution in [-0.4, -0.2) is 36.5 Å². The van der Waals surface area contributed by atoms with Crippen LogP contribution in [0.25, 0.3) is 0 Å². The van der Waals surface area contributed by atoms with Crippen LogP contribution in [0.3, 0.4) is 0 Å². The Kier molecular flexibility index (Phi) is 3.33. The molecular weight excluding hydrogens is 204 g/mol. The van der Waals surface area contributed by atoms with Gasteiger partial charge in [-0.3, -0.25) is 5.10 Å². The van der Waals surface area contributed by atoms with Crippen LogP contribution in [-0.2, 0) is 4.74 Å². The number of ether oxygens (including phenoxy) is 1. The molecule has 0 radical (unpaired) electrons. The van der Waals surface area contributed by atoms with E-state index in [1.165, 1.54) is 12.8 Å². The first-order valence-corrected chi connectivity index (χ1v) is 5.78. The van der Waals surface area contributed by atoms with Crippen molar-refractivity contribution in [3.05, 3.63) is 6.20 Å². The lowest BCUT2D eigenvalue weighted by Gasteiger charge is -2.30. The summed E-state index contributed by atoms with van der Waals surface area (Å²) >= 11 is 0. The first-order valence-electron chi connectivity index (χ1n) is 5.78. The number of aromatic nitrogens is 2. The summed E-state index contributed by atoms with van der Waals surface area (Å²) in [5.41, 5.74) is 6.87. The van der Waals surface area contributed by atoms with E-state index < -0.39 is 0 Å². The molecule has 1 saturated carbocycles. The minimum absolute atomic E-state index is 0.509. The van der Waals surface area contributed by atoms with Gasteiger partial charge in [0.25, 0.3) is 0 Å². The lowest BCUT2D eigenvalue weighted by Crippen LogP contribution is -2.37. The molecule has 5 nitrogen and oxygen atoms in total. The predicted octanol–water partition coefficient (Wildman–Crippen LogP) is 1.24. The zero-order valence-corrected chi connectivity index (χ0v) is 9.94. The molecule has 1 fully saturated rings. The summed E-state index contributed by atoms with van der Waals surface area (Å²) in [7, 11) is 1.72. The lowest BCUT2D eigenvalue weighted by atomic mass is 10.1. The third-order valence-corrected chi connectivity index (χ3v) is 3.29. The Morgan fingerprint density at radius 2 is 2.44 bits per heavy atom. The Morgan fingerprint density at radius 3 is 2.94 bits per heavy atom. The third kappa shape index (κ3) is 2.29. The SMILES string of the molecule is COCCN(c1cn[nH]c1N)C(C)C1CC1. The standard InChI is InChI=1S/C11H20N4O/c1-8(9-3-4-9)15(5-6-16-2)10-7-13-14-11(10)12/h7-9H,3-6H2,1-2H3,(H3,12,13,14).